The standard InChI is InChI=1S/C17H19N3O3/c1-2-7-20-10-14(8-16(20)21)19-17(22)13-5-3-12(4-6-13)15-9-18-11-23-15/h3-6,9,11,14H,2,7-8,10H2,1H3,(H,19,22). The third kappa shape index (κ3) is 3.41. The molecule has 2 amide bonds. The van der Waals surface area contributed by atoms with Crippen LogP contribution in [0.25, 0.3) is 11.3 Å². The van der Waals surface area contributed by atoms with Crippen LogP contribution in [0.2, 0.25) is 0 Å². The number of aromatic nitrogens is 1. The van der Waals surface area contributed by atoms with Crippen LogP contribution in [0, 0.1) is 0 Å². The second kappa shape index (κ2) is 6.64. The number of hydrogen-bond donors (Lipinski definition) is 1. The van der Waals surface area contributed by atoms with Crippen molar-refractivity contribution in [2.24, 2.45) is 0 Å². The Bertz CT molecular complexity index is 680. The largest absolute Gasteiger partial charge is 0.444 e. The lowest BCUT2D eigenvalue weighted by Gasteiger charge is -2.16. The molecule has 23 heavy (non-hydrogen) atoms. The maximum Gasteiger partial charge on any atom is 0.251 e. The minimum atomic E-state index is -0.162. The maximum atomic E-state index is 12.3. The van der Waals surface area contributed by atoms with E-state index in [1.54, 1.807) is 23.2 Å². The van der Waals surface area contributed by atoms with Crippen molar-refractivity contribution in [1.82, 2.24) is 15.2 Å². The molecule has 6 heteroatoms. The molecule has 1 aromatic heterocycles. The number of amides is 2. The number of rotatable bonds is 5. The Kier molecular flexibility index (Phi) is 4.41. The van der Waals surface area contributed by atoms with Crippen LogP contribution in [-0.4, -0.2) is 40.8 Å². The number of carbonyl (C=O) groups is 2. The van der Waals surface area contributed by atoms with Gasteiger partial charge >= 0.3 is 0 Å². The zero-order valence-corrected chi connectivity index (χ0v) is 13.0. The van der Waals surface area contributed by atoms with Gasteiger partial charge in [-0.2, -0.15) is 0 Å². The van der Waals surface area contributed by atoms with E-state index in [0.717, 1.165) is 18.5 Å². The highest BCUT2D eigenvalue weighted by Crippen LogP contribution is 2.19. The number of hydrogen-bond acceptors (Lipinski definition) is 4. The fourth-order valence-electron chi connectivity index (χ4n) is 2.77. The summed E-state index contributed by atoms with van der Waals surface area (Å²) >= 11 is 0. The first-order valence-corrected chi connectivity index (χ1v) is 7.75. The predicted molar refractivity (Wildman–Crippen MR) is 84.7 cm³/mol. The van der Waals surface area contributed by atoms with Crippen LogP contribution >= 0.6 is 0 Å². The SMILES string of the molecule is CCCN1CC(NC(=O)c2ccc(-c3cnco3)cc2)CC1=O. The highest BCUT2D eigenvalue weighted by Gasteiger charge is 2.29. The molecule has 1 aromatic carbocycles. The van der Waals surface area contributed by atoms with Gasteiger partial charge in [-0.05, 0) is 18.6 Å². The average molecular weight is 313 g/mol. The molecule has 1 N–H and O–H groups in total. The van der Waals surface area contributed by atoms with E-state index in [-0.39, 0.29) is 17.9 Å². The first-order valence-electron chi connectivity index (χ1n) is 7.75. The molecule has 1 aliphatic rings. The van der Waals surface area contributed by atoms with Crippen LogP contribution in [0.5, 0.6) is 0 Å². The molecule has 2 heterocycles. The van der Waals surface area contributed by atoms with Crippen LogP contribution in [0.15, 0.2) is 41.3 Å². The van der Waals surface area contributed by atoms with Gasteiger partial charge in [0.05, 0.1) is 12.2 Å². The summed E-state index contributed by atoms with van der Waals surface area (Å²) in [5, 5.41) is 2.93. The summed E-state index contributed by atoms with van der Waals surface area (Å²) in [6.07, 6.45) is 4.30. The van der Waals surface area contributed by atoms with Gasteiger partial charge in [0.15, 0.2) is 12.2 Å². The molecular formula is C17H19N3O3. The second-order valence-electron chi connectivity index (χ2n) is 5.66. The molecule has 6 nitrogen and oxygen atoms in total. The Morgan fingerprint density at radius 3 is 2.83 bits per heavy atom. The Morgan fingerprint density at radius 2 is 2.17 bits per heavy atom. The lowest BCUT2D eigenvalue weighted by Crippen LogP contribution is -2.37. The molecule has 0 bridgehead atoms. The van der Waals surface area contributed by atoms with Crippen molar-refractivity contribution in [3.8, 4) is 11.3 Å². The topological polar surface area (TPSA) is 75.4 Å². The van der Waals surface area contributed by atoms with Crippen LogP contribution in [0.3, 0.4) is 0 Å². The Morgan fingerprint density at radius 1 is 1.39 bits per heavy atom. The Balaban J connectivity index is 1.62. The van der Waals surface area contributed by atoms with Crippen molar-refractivity contribution in [3.05, 3.63) is 42.4 Å². The van der Waals surface area contributed by atoms with E-state index >= 15 is 0 Å². The molecule has 1 fully saturated rings. The van der Waals surface area contributed by atoms with Crippen molar-refractivity contribution in [2.75, 3.05) is 13.1 Å². The summed E-state index contributed by atoms with van der Waals surface area (Å²) in [6.45, 7) is 3.38. The van der Waals surface area contributed by atoms with E-state index < -0.39 is 0 Å². The van der Waals surface area contributed by atoms with Gasteiger partial charge in [-0.3, -0.25) is 9.59 Å². The lowest BCUT2D eigenvalue weighted by atomic mass is 10.1. The normalized spacial score (nSPS) is 17.5. The van der Waals surface area contributed by atoms with Gasteiger partial charge in [0.1, 0.15) is 0 Å². The molecule has 0 spiro atoms. The molecule has 2 aromatic rings. The van der Waals surface area contributed by atoms with E-state index in [0.29, 0.717) is 24.3 Å². The van der Waals surface area contributed by atoms with Crippen LogP contribution in [-0.2, 0) is 4.79 Å². The van der Waals surface area contributed by atoms with E-state index in [9.17, 15) is 9.59 Å². The second-order valence-corrected chi connectivity index (χ2v) is 5.66. The summed E-state index contributed by atoms with van der Waals surface area (Å²) in [4.78, 5) is 29.8. The van der Waals surface area contributed by atoms with Gasteiger partial charge in [-0.15, -0.1) is 0 Å². The van der Waals surface area contributed by atoms with Gasteiger partial charge in [0, 0.05) is 30.6 Å². The highest BCUT2D eigenvalue weighted by molar-refractivity contribution is 5.95. The van der Waals surface area contributed by atoms with E-state index in [4.69, 9.17) is 4.42 Å². The van der Waals surface area contributed by atoms with Crippen molar-refractivity contribution < 1.29 is 14.0 Å². The van der Waals surface area contributed by atoms with Crippen molar-refractivity contribution in [3.63, 3.8) is 0 Å². The first-order chi connectivity index (χ1) is 11.2. The minimum Gasteiger partial charge on any atom is -0.444 e. The molecule has 0 aliphatic carbocycles. The fourth-order valence-corrected chi connectivity index (χ4v) is 2.77. The molecule has 120 valence electrons. The van der Waals surface area contributed by atoms with Gasteiger partial charge in [0.25, 0.3) is 5.91 Å². The first kappa shape index (κ1) is 15.3. The highest BCUT2D eigenvalue weighted by atomic mass is 16.3. The summed E-state index contributed by atoms with van der Waals surface area (Å²) in [6, 6.07) is 7.01. The lowest BCUT2D eigenvalue weighted by molar-refractivity contribution is -0.127. The number of nitrogens with zero attached hydrogens (tertiary/aromatic N) is 2. The number of oxazole rings is 1. The minimum absolute atomic E-state index is 0.109. The number of benzene rings is 1. The zero-order chi connectivity index (χ0) is 16.2. The van der Waals surface area contributed by atoms with E-state index in [1.165, 1.54) is 6.39 Å². The summed E-state index contributed by atoms with van der Waals surface area (Å²) in [5.74, 6) is 0.608. The maximum absolute atomic E-state index is 12.3. The molecule has 1 unspecified atom stereocenters. The van der Waals surface area contributed by atoms with E-state index in [1.807, 2.05) is 19.1 Å². The van der Waals surface area contributed by atoms with Gasteiger partial charge in [0.2, 0.25) is 5.91 Å². The molecule has 1 saturated heterocycles. The molecule has 0 radical (unpaired) electrons. The third-order valence-corrected chi connectivity index (χ3v) is 3.91. The molecule has 1 aliphatic heterocycles. The molecule has 1 atom stereocenters. The number of carbonyl (C=O) groups excluding carboxylic acids is 2. The smallest absolute Gasteiger partial charge is 0.251 e. The van der Waals surface area contributed by atoms with Gasteiger partial charge in [-0.25, -0.2) is 4.98 Å². The van der Waals surface area contributed by atoms with Crippen molar-refractivity contribution >= 4 is 11.8 Å². The Hall–Kier alpha value is -2.63. The molecular weight excluding hydrogens is 294 g/mol. The molecule has 0 saturated carbocycles. The van der Waals surface area contributed by atoms with E-state index in [2.05, 4.69) is 10.3 Å². The monoisotopic (exact) mass is 313 g/mol. The number of likely N-dealkylation sites (tertiary alicyclic amines) is 1. The summed E-state index contributed by atoms with van der Waals surface area (Å²) < 4.78 is 5.22. The average Bonchev–Trinajstić information content (AvgIpc) is 3.19. The summed E-state index contributed by atoms with van der Waals surface area (Å²) in [5.41, 5.74) is 1.43. The van der Waals surface area contributed by atoms with Crippen LogP contribution in [0.1, 0.15) is 30.1 Å². The van der Waals surface area contributed by atoms with Crippen molar-refractivity contribution in [1.29, 1.82) is 0 Å². The van der Waals surface area contributed by atoms with Crippen molar-refractivity contribution in [2.45, 2.75) is 25.8 Å². The van der Waals surface area contributed by atoms with Gasteiger partial charge < -0.3 is 14.6 Å². The quantitative estimate of drug-likeness (QED) is 0.917. The Labute approximate surface area is 134 Å². The van der Waals surface area contributed by atoms with Gasteiger partial charge in [-0.1, -0.05) is 19.1 Å². The fraction of sp³-hybridized carbons (Fsp3) is 0.353. The third-order valence-electron chi connectivity index (χ3n) is 3.91. The predicted octanol–water partition coefficient (Wildman–Crippen LogP) is 2.08. The van der Waals surface area contributed by atoms with Crippen LogP contribution in [0.4, 0.5) is 0 Å². The zero-order valence-electron chi connectivity index (χ0n) is 13.0. The molecule has 3 rings (SSSR count). The van der Waals surface area contributed by atoms with Crippen LogP contribution < -0.4 is 5.32 Å². The summed E-state index contributed by atoms with van der Waals surface area (Å²) in [7, 11) is 0. The number of nitrogens with one attached hydrogen (secondary N) is 1.